The molecular formula is C12H22N2O. The van der Waals surface area contributed by atoms with Crippen LogP contribution in [0.4, 0.5) is 0 Å². The molecule has 86 valence electrons. The van der Waals surface area contributed by atoms with E-state index in [0.29, 0.717) is 18.1 Å². The second-order valence-corrected chi connectivity index (χ2v) is 5.51. The van der Waals surface area contributed by atoms with Gasteiger partial charge in [-0.2, -0.15) is 5.26 Å². The van der Waals surface area contributed by atoms with E-state index in [-0.39, 0.29) is 6.04 Å². The van der Waals surface area contributed by atoms with Crippen molar-refractivity contribution in [2.75, 3.05) is 13.2 Å². The smallest absolute Gasteiger partial charge is 0.119 e. The van der Waals surface area contributed by atoms with Gasteiger partial charge in [0.1, 0.15) is 6.04 Å². The molecule has 0 bridgehead atoms. The zero-order valence-corrected chi connectivity index (χ0v) is 10.0. The molecule has 1 saturated carbocycles. The lowest BCUT2D eigenvalue weighted by atomic mass is 9.93. The van der Waals surface area contributed by atoms with Crippen LogP contribution in [0.5, 0.6) is 0 Å². The molecule has 1 N–H and O–H groups in total. The fourth-order valence-electron chi connectivity index (χ4n) is 1.24. The Bertz CT molecular complexity index is 223. The SMILES string of the molecule is CC(C)(C)CCOCC(C#N)NC1CC1. The van der Waals surface area contributed by atoms with Gasteiger partial charge in [-0.05, 0) is 24.7 Å². The van der Waals surface area contributed by atoms with Crippen LogP contribution in [0.15, 0.2) is 0 Å². The van der Waals surface area contributed by atoms with E-state index in [1.807, 2.05) is 0 Å². The standard InChI is InChI=1S/C12H22N2O/c1-12(2,3)6-7-15-9-11(8-13)14-10-4-5-10/h10-11,14H,4-7,9H2,1-3H3. The average molecular weight is 210 g/mol. The van der Waals surface area contributed by atoms with Crippen molar-refractivity contribution < 1.29 is 4.74 Å². The number of hydrogen-bond donors (Lipinski definition) is 1. The van der Waals surface area contributed by atoms with Gasteiger partial charge in [0, 0.05) is 12.6 Å². The van der Waals surface area contributed by atoms with Crippen molar-refractivity contribution in [1.29, 1.82) is 5.26 Å². The van der Waals surface area contributed by atoms with E-state index in [9.17, 15) is 0 Å². The molecule has 0 spiro atoms. The summed E-state index contributed by atoms with van der Waals surface area (Å²) in [4.78, 5) is 0. The molecule has 0 amide bonds. The van der Waals surface area contributed by atoms with E-state index in [2.05, 4.69) is 32.2 Å². The Balaban J connectivity index is 2.04. The first-order valence-corrected chi connectivity index (χ1v) is 5.75. The maximum absolute atomic E-state index is 8.87. The number of nitriles is 1. The zero-order chi connectivity index (χ0) is 11.3. The van der Waals surface area contributed by atoms with Gasteiger partial charge < -0.3 is 4.74 Å². The summed E-state index contributed by atoms with van der Waals surface area (Å²) >= 11 is 0. The Morgan fingerprint density at radius 3 is 2.60 bits per heavy atom. The molecule has 3 heteroatoms. The highest BCUT2D eigenvalue weighted by atomic mass is 16.5. The van der Waals surface area contributed by atoms with Crippen LogP contribution in [0, 0.1) is 16.7 Å². The highest BCUT2D eigenvalue weighted by molar-refractivity contribution is 4.95. The number of nitrogens with zero attached hydrogens (tertiary/aromatic N) is 1. The van der Waals surface area contributed by atoms with Gasteiger partial charge in [0.2, 0.25) is 0 Å². The van der Waals surface area contributed by atoms with Crippen molar-refractivity contribution in [3.8, 4) is 6.07 Å². The monoisotopic (exact) mass is 210 g/mol. The fraction of sp³-hybridized carbons (Fsp3) is 0.917. The molecule has 0 heterocycles. The minimum atomic E-state index is -0.127. The maximum atomic E-state index is 8.87. The van der Waals surface area contributed by atoms with Gasteiger partial charge in [0.15, 0.2) is 0 Å². The van der Waals surface area contributed by atoms with E-state index < -0.39 is 0 Å². The maximum Gasteiger partial charge on any atom is 0.119 e. The normalized spacial score (nSPS) is 18.5. The van der Waals surface area contributed by atoms with Gasteiger partial charge in [-0.1, -0.05) is 20.8 Å². The molecule has 0 radical (unpaired) electrons. The predicted molar refractivity (Wildman–Crippen MR) is 60.4 cm³/mol. The third-order valence-corrected chi connectivity index (χ3v) is 2.45. The highest BCUT2D eigenvalue weighted by Crippen LogP contribution is 2.20. The molecule has 1 rings (SSSR count). The molecule has 0 aromatic rings. The number of nitrogens with one attached hydrogen (secondary N) is 1. The first-order chi connectivity index (χ1) is 7.01. The van der Waals surface area contributed by atoms with Crippen molar-refractivity contribution in [2.24, 2.45) is 5.41 Å². The molecule has 1 atom stereocenters. The van der Waals surface area contributed by atoms with E-state index in [4.69, 9.17) is 10.00 Å². The molecule has 3 nitrogen and oxygen atoms in total. The Labute approximate surface area is 92.8 Å². The lowest BCUT2D eigenvalue weighted by molar-refractivity contribution is 0.0991. The molecule has 1 unspecified atom stereocenters. The van der Waals surface area contributed by atoms with Crippen molar-refractivity contribution in [2.45, 2.75) is 52.1 Å². The van der Waals surface area contributed by atoms with Crippen LogP contribution in [-0.2, 0) is 4.74 Å². The summed E-state index contributed by atoms with van der Waals surface area (Å²) in [5.74, 6) is 0. The summed E-state index contributed by atoms with van der Waals surface area (Å²) in [7, 11) is 0. The Morgan fingerprint density at radius 2 is 2.13 bits per heavy atom. The second-order valence-electron chi connectivity index (χ2n) is 5.51. The molecule has 15 heavy (non-hydrogen) atoms. The summed E-state index contributed by atoms with van der Waals surface area (Å²) in [5.41, 5.74) is 0.312. The van der Waals surface area contributed by atoms with E-state index in [1.54, 1.807) is 0 Å². The first kappa shape index (κ1) is 12.5. The molecule has 1 aliphatic rings. The third-order valence-electron chi connectivity index (χ3n) is 2.45. The minimum absolute atomic E-state index is 0.127. The van der Waals surface area contributed by atoms with Crippen molar-refractivity contribution in [3.63, 3.8) is 0 Å². The number of rotatable bonds is 6. The molecule has 0 saturated heterocycles. The molecule has 1 aliphatic carbocycles. The first-order valence-electron chi connectivity index (χ1n) is 5.75. The highest BCUT2D eigenvalue weighted by Gasteiger charge is 2.24. The van der Waals surface area contributed by atoms with E-state index >= 15 is 0 Å². The lowest BCUT2D eigenvalue weighted by Crippen LogP contribution is -2.34. The topological polar surface area (TPSA) is 45.0 Å². The Kier molecular flexibility index (Phi) is 4.56. The average Bonchev–Trinajstić information content (AvgIpc) is 2.92. The molecule has 1 fully saturated rings. The zero-order valence-electron chi connectivity index (χ0n) is 10.0. The van der Waals surface area contributed by atoms with Crippen LogP contribution in [0.1, 0.15) is 40.0 Å². The summed E-state index contributed by atoms with van der Waals surface area (Å²) in [6.07, 6.45) is 3.45. The van der Waals surface area contributed by atoms with Gasteiger partial charge in [-0.3, -0.25) is 5.32 Å². The summed E-state index contributed by atoms with van der Waals surface area (Å²) in [6, 6.07) is 2.68. The number of ether oxygens (including phenoxy) is 1. The van der Waals surface area contributed by atoms with Gasteiger partial charge in [-0.15, -0.1) is 0 Å². The Morgan fingerprint density at radius 1 is 1.47 bits per heavy atom. The summed E-state index contributed by atoms with van der Waals surface area (Å²) < 4.78 is 5.51. The van der Waals surface area contributed by atoms with Crippen LogP contribution in [0.2, 0.25) is 0 Å². The fourth-order valence-corrected chi connectivity index (χ4v) is 1.24. The molecule has 0 aromatic carbocycles. The summed E-state index contributed by atoms with van der Waals surface area (Å²) in [6.45, 7) is 7.85. The van der Waals surface area contributed by atoms with Crippen molar-refractivity contribution >= 4 is 0 Å². The van der Waals surface area contributed by atoms with Gasteiger partial charge in [0.05, 0.1) is 12.7 Å². The van der Waals surface area contributed by atoms with Crippen molar-refractivity contribution in [3.05, 3.63) is 0 Å². The lowest BCUT2D eigenvalue weighted by Gasteiger charge is -2.18. The van der Waals surface area contributed by atoms with Crippen LogP contribution in [0.3, 0.4) is 0 Å². The quantitative estimate of drug-likeness (QED) is 0.683. The van der Waals surface area contributed by atoms with Gasteiger partial charge >= 0.3 is 0 Å². The predicted octanol–water partition coefficient (Wildman–Crippen LogP) is 2.08. The largest absolute Gasteiger partial charge is 0.379 e. The minimum Gasteiger partial charge on any atom is -0.379 e. The molecular weight excluding hydrogens is 188 g/mol. The van der Waals surface area contributed by atoms with E-state index in [1.165, 1.54) is 12.8 Å². The number of hydrogen-bond acceptors (Lipinski definition) is 3. The van der Waals surface area contributed by atoms with Gasteiger partial charge in [0.25, 0.3) is 0 Å². The van der Waals surface area contributed by atoms with Crippen LogP contribution >= 0.6 is 0 Å². The summed E-state index contributed by atoms with van der Waals surface area (Å²) in [5, 5.41) is 12.1. The van der Waals surface area contributed by atoms with E-state index in [0.717, 1.165) is 13.0 Å². The molecule has 0 aromatic heterocycles. The Hall–Kier alpha value is -0.590. The van der Waals surface area contributed by atoms with Gasteiger partial charge in [-0.25, -0.2) is 0 Å². The molecule has 0 aliphatic heterocycles. The third kappa shape index (κ3) is 6.48. The van der Waals surface area contributed by atoms with Crippen LogP contribution < -0.4 is 5.32 Å². The second kappa shape index (κ2) is 5.48. The van der Waals surface area contributed by atoms with Crippen molar-refractivity contribution in [1.82, 2.24) is 5.32 Å². The van der Waals surface area contributed by atoms with Crippen LogP contribution in [0.25, 0.3) is 0 Å². The van der Waals surface area contributed by atoms with Crippen LogP contribution in [-0.4, -0.2) is 25.3 Å².